The van der Waals surface area contributed by atoms with Gasteiger partial charge in [0.25, 0.3) is 5.91 Å². The molecule has 1 amide bonds. The quantitative estimate of drug-likeness (QED) is 0.339. The van der Waals surface area contributed by atoms with Gasteiger partial charge in [-0.3, -0.25) is 15.2 Å². The number of rotatable bonds is 6. The Morgan fingerprint density at radius 1 is 1.17 bits per heavy atom. The molecule has 0 aliphatic heterocycles. The molecule has 0 saturated carbocycles. The van der Waals surface area contributed by atoms with Crippen LogP contribution in [0.1, 0.15) is 27.2 Å². The van der Waals surface area contributed by atoms with E-state index in [-0.39, 0.29) is 5.91 Å². The number of H-pyrrole nitrogens is 1. The van der Waals surface area contributed by atoms with Gasteiger partial charge in [-0.05, 0) is 30.7 Å². The lowest BCUT2D eigenvalue weighted by molar-refractivity contribution is 0.102. The van der Waals surface area contributed by atoms with E-state index in [9.17, 15) is 4.79 Å². The lowest BCUT2D eigenvalue weighted by atomic mass is 10.1. The predicted octanol–water partition coefficient (Wildman–Crippen LogP) is 4.65. The third-order valence-corrected chi connectivity index (χ3v) is 6.29. The number of hydrogen-bond acceptors (Lipinski definition) is 7. The van der Waals surface area contributed by atoms with Gasteiger partial charge in [-0.15, -0.1) is 10.2 Å². The predicted molar refractivity (Wildman–Crippen MR) is 117 cm³/mol. The van der Waals surface area contributed by atoms with E-state index >= 15 is 0 Å². The molecule has 9 heteroatoms. The number of anilines is 1. The van der Waals surface area contributed by atoms with Crippen molar-refractivity contribution in [2.45, 2.75) is 17.0 Å². The Balaban J connectivity index is 1.35. The molecule has 0 atom stereocenters. The van der Waals surface area contributed by atoms with Crippen molar-refractivity contribution in [1.29, 1.82) is 5.26 Å². The number of carbonyl (C=O) groups is 1. The van der Waals surface area contributed by atoms with Gasteiger partial charge in [0.15, 0.2) is 4.34 Å². The number of carbonyl (C=O) groups excluding carboxylic acids is 1. The number of thioether (sulfide) groups is 1. The topological polar surface area (TPSA) is 107 Å². The lowest BCUT2D eigenvalue weighted by Crippen LogP contribution is -2.12. The maximum absolute atomic E-state index is 12.5. The minimum Gasteiger partial charge on any atom is -0.295 e. The molecule has 0 bridgehead atoms. The fourth-order valence-electron chi connectivity index (χ4n) is 2.61. The first-order valence-corrected chi connectivity index (χ1v) is 10.8. The van der Waals surface area contributed by atoms with Crippen LogP contribution in [0, 0.1) is 18.3 Å². The largest absolute Gasteiger partial charge is 0.295 e. The minimum atomic E-state index is -0.319. The molecular formula is C21H16N6OS2. The average Bonchev–Trinajstić information content (AvgIpc) is 3.43. The van der Waals surface area contributed by atoms with Gasteiger partial charge in [0.05, 0.1) is 17.3 Å². The van der Waals surface area contributed by atoms with Crippen LogP contribution in [0.2, 0.25) is 0 Å². The molecule has 0 aliphatic carbocycles. The third kappa shape index (κ3) is 4.74. The fourth-order valence-corrected chi connectivity index (χ4v) is 4.32. The second-order valence-corrected chi connectivity index (χ2v) is 8.66. The van der Waals surface area contributed by atoms with Gasteiger partial charge >= 0.3 is 0 Å². The van der Waals surface area contributed by atoms with Crippen molar-refractivity contribution >= 4 is 34.1 Å². The van der Waals surface area contributed by atoms with Crippen molar-refractivity contribution in [3.8, 4) is 17.3 Å². The number of aryl methyl sites for hydroxylation is 1. The van der Waals surface area contributed by atoms with E-state index in [4.69, 9.17) is 5.26 Å². The molecule has 0 unspecified atom stereocenters. The summed E-state index contributed by atoms with van der Waals surface area (Å²) in [7, 11) is 0. The normalized spacial score (nSPS) is 10.5. The maximum atomic E-state index is 12.5. The Labute approximate surface area is 181 Å². The summed E-state index contributed by atoms with van der Waals surface area (Å²) < 4.78 is 0.750. The molecule has 2 N–H and O–H groups in total. The van der Waals surface area contributed by atoms with Crippen LogP contribution in [0.25, 0.3) is 11.3 Å². The summed E-state index contributed by atoms with van der Waals surface area (Å²) in [4.78, 5) is 12.5. The van der Waals surface area contributed by atoms with Gasteiger partial charge in [-0.25, -0.2) is 0 Å². The molecule has 0 spiro atoms. The van der Waals surface area contributed by atoms with E-state index in [1.54, 1.807) is 18.2 Å². The molecular weight excluding hydrogens is 416 g/mol. The van der Waals surface area contributed by atoms with Crippen LogP contribution in [0.4, 0.5) is 5.13 Å². The monoisotopic (exact) mass is 432 g/mol. The van der Waals surface area contributed by atoms with Crippen LogP contribution in [-0.4, -0.2) is 26.3 Å². The highest BCUT2D eigenvalue weighted by molar-refractivity contribution is 8.00. The molecule has 4 rings (SSSR count). The highest BCUT2D eigenvalue weighted by Crippen LogP contribution is 2.28. The van der Waals surface area contributed by atoms with Crippen molar-refractivity contribution in [2.24, 2.45) is 0 Å². The number of amides is 1. The number of benzene rings is 2. The molecule has 4 aromatic rings. The number of nitrogens with zero attached hydrogens (tertiary/aromatic N) is 4. The first-order chi connectivity index (χ1) is 14.6. The summed E-state index contributed by atoms with van der Waals surface area (Å²) in [6.45, 7) is 2.02. The van der Waals surface area contributed by atoms with E-state index in [0.717, 1.165) is 21.0 Å². The Morgan fingerprint density at radius 2 is 1.93 bits per heavy atom. The van der Waals surface area contributed by atoms with E-state index in [2.05, 4.69) is 31.8 Å². The summed E-state index contributed by atoms with van der Waals surface area (Å²) in [5, 5.41) is 27.2. The Kier molecular flexibility index (Phi) is 5.88. The van der Waals surface area contributed by atoms with Crippen LogP contribution in [-0.2, 0) is 5.75 Å². The van der Waals surface area contributed by atoms with Gasteiger partial charge in [-0.2, -0.15) is 10.4 Å². The van der Waals surface area contributed by atoms with E-state index in [0.29, 0.717) is 27.8 Å². The first kappa shape index (κ1) is 19.8. The highest BCUT2D eigenvalue weighted by Gasteiger charge is 2.14. The van der Waals surface area contributed by atoms with Crippen LogP contribution in [0.15, 0.2) is 58.9 Å². The number of hydrogen-bond donors (Lipinski definition) is 2. The van der Waals surface area contributed by atoms with E-state index < -0.39 is 0 Å². The Bertz CT molecular complexity index is 1210. The first-order valence-electron chi connectivity index (χ1n) is 9.00. The SMILES string of the molecule is Cc1ccc(-c2cc(C(=O)Nc3nnc(SCc4ccc(C#N)cc4)s3)[nH]n2)cc1. The average molecular weight is 433 g/mol. The summed E-state index contributed by atoms with van der Waals surface area (Å²) in [6.07, 6.45) is 0. The molecule has 148 valence electrons. The molecule has 2 aromatic heterocycles. The number of aromatic amines is 1. The smallest absolute Gasteiger partial charge is 0.275 e. The number of nitriles is 1. The van der Waals surface area contributed by atoms with Crippen molar-refractivity contribution in [2.75, 3.05) is 5.32 Å². The van der Waals surface area contributed by atoms with Gasteiger partial charge in [0.2, 0.25) is 5.13 Å². The summed E-state index contributed by atoms with van der Waals surface area (Å²) in [5.41, 5.74) is 4.88. The number of nitrogens with one attached hydrogen (secondary N) is 2. The standard InChI is InChI=1S/C21H16N6OS2/c1-13-2-8-16(9-3-13)17-10-18(25-24-17)19(28)23-20-26-27-21(30-20)29-12-15-6-4-14(11-22)5-7-15/h2-10H,12H2,1H3,(H,24,25)(H,23,26,28). The number of aromatic nitrogens is 4. The van der Waals surface area contributed by atoms with Crippen molar-refractivity contribution < 1.29 is 4.79 Å². The molecule has 0 saturated heterocycles. The van der Waals surface area contributed by atoms with Crippen molar-refractivity contribution in [3.05, 3.63) is 77.0 Å². The summed E-state index contributed by atoms with van der Waals surface area (Å²) in [6, 6.07) is 19.2. The van der Waals surface area contributed by atoms with Crippen molar-refractivity contribution in [1.82, 2.24) is 20.4 Å². The van der Waals surface area contributed by atoms with Crippen LogP contribution >= 0.6 is 23.1 Å². The second-order valence-electron chi connectivity index (χ2n) is 6.46. The highest BCUT2D eigenvalue weighted by atomic mass is 32.2. The molecule has 0 aliphatic rings. The van der Waals surface area contributed by atoms with Crippen molar-refractivity contribution in [3.63, 3.8) is 0 Å². The maximum Gasteiger partial charge on any atom is 0.275 e. The zero-order valence-electron chi connectivity index (χ0n) is 15.9. The summed E-state index contributed by atoms with van der Waals surface area (Å²) in [5.74, 6) is 0.384. The summed E-state index contributed by atoms with van der Waals surface area (Å²) >= 11 is 2.83. The van der Waals surface area contributed by atoms with Crippen LogP contribution in [0.5, 0.6) is 0 Å². The molecule has 0 radical (unpaired) electrons. The van der Waals surface area contributed by atoms with E-state index in [1.807, 2.05) is 43.3 Å². The van der Waals surface area contributed by atoms with Gasteiger partial charge in [0.1, 0.15) is 5.69 Å². The van der Waals surface area contributed by atoms with Crippen LogP contribution < -0.4 is 5.32 Å². The van der Waals surface area contributed by atoms with Gasteiger partial charge in [0, 0.05) is 11.3 Å². The molecule has 30 heavy (non-hydrogen) atoms. The molecule has 2 aromatic carbocycles. The molecule has 0 fully saturated rings. The minimum absolute atomic E-state index is 0.319. The van der Waals surface area contributed by atoms with Gasteiger partial charge < -0.3 is 0 Å². The van der Waals surface area contributed by atoms with Crippen LogP contribution in [0.3, 0.4) is 0 Å². The third-order valence-electron chi connectivity index (χ3n) is 4.24. The van der Waals surface area contributed by atoms with Gasteiger partial charge in [-0.1, -0.05) is 65.1 Å². The zero-order chi connectivity index (χ0) is 20.9. The fraction of sp³-hybridized carbons (Fsp3) is 0.0952. The molecule has 7 nitrogen and oxygen atoms in total. The zero-order valence-corrected chi connectivity index (χ0v) is 17.5. The Morgan fingerprint density at radius 3 is 2.67 bits per heavy atom. The second kappa shape index (κ2) is 8.90. The Hall–Kier alpha value is -3.48. The van der Waals surface area contributed by atoms with E-state index in [1.165, 1.54) is 23.1 Å². The molecule has 2 heterocycles. The lowest BCUT2D eigenvalue weighted by Gasteiger charge is -1.98.